The van der Waals surface area contributed by atoms with Crippen LogP contribution in [0.4, 0.5) is 0 Å². The summed E-state index contributed by atoms with van der Waals surface area (Å²) in [5.74, 6) is -6.31. The van der Waals surface area contributed by atoms with Crippen LogP contribution in [0.1, 0.15) is 36.8 Å². The average Bonchev–Trinajstić information content (AvgIpc) is 2.69. The molecule has 0 aromatic heterocycles. The minimum atomic E-state index is -2.60. The van der Waals surface area contributed by atoms with Gasteiger partial charge < -0.3 is 31.5 Å². The van der Waals surface area contributed by atoms with Crippen molar-refractivity contribution in [3.63, 3.8) is 0 Å². The molecule has 4 atom stereocenters. The number of carbonyl (C=O) groups excluding carboxylic acids is 3. The summed E-state index contributed by atoms with van der Waals surface area (Å²) < 4.78 is 0. The van der Waals surface area contributed by atoms with Gasteiger partial charge in [0.05, 0.1) is 11.6 Å². The predicted molar refractivity (Wildman–Crippen MR) is 111 cm³/mol. The van der Waals surface area contributed by atoms with Gasteiger partial charge in [-0.2, -0.15) is 0 Å². The molecule has 0 spiro atoms. The van der Waals surface area contributed by atoms with E-state index < -0.39 is 58.0 Å². The van der Waals surface area contributed by atoms with Crippen molar-refractivity contribution in [3.05, 3.63) is 46.2 Å². The van der Waals surface area contributed by atoms with Crippen LogP contribution in [0.3, 0.4) is 0 Å². The largest absolute Gasteiger partial charge is 0.508 e. The molecule has 4 aliphatic carbocycles. The number of amides is 1. The van der Waals surface area contributed by atoms with Crippen molar-refractivity contribution in [2.24, 2.45) is 17.6 Å². The molecule has 2 fully saturated rings. The third-order valence-electron chi connectivity index (χ3n) is 7.46. The Morgan fingerprint density at radius 3 is 2.50 bits per heavy atom. The molecule has 32 heavy (non-hydrogen) atoms. The topological polar surface area (TPSA) is 170 Å². The van der Waals surface area contributed by atoms with Crippen LogP contribution < -0.4 is 11.1 Å². The SMILES string of the molecule is NC(=O)C1=C(O)C2(O)C(=O)C3=C(O)c4c(O)cccc4CC3CC2C(NC2CCC2)C1=O. The first-order chi connectivity index (χ1) is 15.2. The van der Waals surface area contributed by atoms with Crippen LogP contribution >= 0.6 is 0 Å². The van der Waals surface area contributed by atoms with Gasteiger partial charge in [0, 0.05) is 17.5 Å². The quantitative estimate of drug-likeness (QED) is 0.370. The number of rotatable bonds is 3. The molecule has 7 N–H and O–H groups in total. The minimum absolute atomic E-state index is 0.00737. The molecule has 0 bridgehead atoms. The Morgan fingerprint density at radius 2 is 1.88 bits per heavy atom. The number of Topliss-reactive ketones (excluding diaryl/α,β-unsaturated/α-hetero) is 2. The van der Waals surface area contributed by atoms with Gasteiger partial charge in [0.2, 0.25) is 5.78 Å². The number of primary amides is 1. The molecule has 0 heterocycles. The molecule has 0 aliphatic heterocycles. The molecule has 4 aliphatic rings. The number of aliphatic hydroxyl groups excluding tert-OH is 2. The Balaban J connectivity index is 1.68. The first kappa shape index (κ1) is 20.7. The summed E-state index contributed by atoms with van der Waals surface area (Å²) in [6.07, 6.45) is 3.00. The fourth-order valence-electron chi connectivity index (χ4n) is 5.64. The smallest absolute Gasteiger partial charge is 0.255 e. The van der Waals surface area contributed by atoms with Crippen molar-refractivity contribution in [3.8, 4) is 5.75 Å². The lowest BCUT2D eigenvalue weighted by Crippen LogP contribution is -2.67. The fraction of sp³-hybridized carbons (Fsp3) is 0.435. The highest BCUT2D eigenvalue weighted by Crippen LogP contribution is 2.52. The van der Waals surface area contributed by atoms with E-state index in [2.05, 4.69) is 5.32 Å². The number of phenols is 1. The summed E-state index contributed by atoms with van der Waals surface area (Å²) in [5.41, 5.74) is 2.54. The summed E-state index contributed by atoms with van der Waals surface area (Å²) >= 11 is 0. The molecule has 2 saturated carbocycles. The summed E-state index contributed by atoms with van der Waals surface area (Å²) in [6.45, 7) is 0. The lowest BCUT2D eigenvalue weighted by molar-refractivity contribution is -0.150. The van der Waals surface area contributed by atoms with Crippen molar-refractivity contribution in [1.29, 1.82) is 0 Å². The Bertz CT molecular complexity index is 1130. The van der Waals surface area contributed by atoms with Gasteiger partial charge in [-0.05, 0) is 43.2 Å². The third kappa shape index (κ3) is 2.61. The van der Waals surface area contributed by atoms with Crippen molar-refractivity contribution in [2.75, 3.05) is 0 Å². The van der Waals surface area contributed by atoms with Gasteiger partial charge in [0.1, 0.15) is 22.8 Å². The van der Waals surface area contributed by atoms with E-state index in [1.807, 2.05) is 0 Å². The Kier molecular flexibility index (Phi) is 4.48. The monoisotopic (exact) mass is 440 g/mol. The molecule has 0 radical (unpaired) electrons. The summed E-state index contributed by atoms with van der Waals surface area (Å²) in [6, 6.07) is 3.65. The molecule has 1 aromatic carbocycles. The lowest BCUT2D eigenvalue weighted by Gasteiger charge is -2.50. The Morgan fingerprint density at radius 1 is 1.16 bits per heavy atom. The zero-order chi connectivity index (χ0) is 22.9. The summed E-state index contributed by atoms with van der Waals surface area (Å²) in [5, 5.41) is 46.6. The number of nitrogens with two attached hydrogens (primary N) is 1. The third-order valence-corrected chi connectivity index (χ3v) is 7.46. The number of ketones is 2. The number of aliphatic hydroxyl groups is 3. The summed E-state index contributed by atoms with van der Waals surface area (Å²) in [7, 11) is 0. The van der Waals surface area contributed by atoms with E-state index in [4.69, 9.17) is 5.73 Å². The average molecular weight is 440 g/mol. The van der Waals surface area contributed by atoms with Crippen LogP contribution in [0, 0.1) is 11.8 Å². The van der Waals surface area contributed by atoms with Crippen LogP contribution in [0.25, 0.3) is 5.76 Å². The Labute approximate surface area is 183 Å². The van der Waals surface area contributed by atoms with Crippen LogP contribution in [0.2, 0.25) is 0 Å². The van der Waals surface area contributed by atoms with Crippen LogP contribution in [-0.4, -0.2) is 55.6 Å². The van der Waals surface area contributed by atoms with Crippen LogP contribution in [0.5, 0.6) is 5.75 Å². The number of fused-ring (bicyclic) bond motifs is 3. The van der Waals surface area contributed by atoms with Gasteiger partial charge in [0.15, 0.2) is 11.4 Å². The van der Waals surface area contributed by atoms with Gasteiger partial charge in [-0.3, -0.25) is 14.4 Å². The summed E-state index contributed by atoms with van der Waals surface area (Å²) in [4.78, 5) is 38.7. The van der Waals surface area contributed by atoms with Crippen molar-refractivity contribution < 1.29 is 34.8 Å². The number of aromatic hydroxyl groups is 1. The van der Waals surface area contributed by atoms with Crippen molar-refractivity contribution in [1.82, 2.24) is 5.32 Å². The van der Waals surface area contributed by atoms with Gasteiger partial charge in [-0.25, -0.2) is 0 Å². The molecule has 5 rings (SSSR count). The van der Waals surface area contributed by atoms with Gasteiger partial charge in [-0.1, -0.05) is 18.6 Å². The molecule has 1 amide bonds. The maximum absolute atomic E-state index is 13.6. The number of hydrogen-bond acceptors (Lipinski definition) is 8. The number of benzene rings is 1. The Hall–Kier alpha value is -3.17. The predicted octanol–water partition coefficient (Wildman–Crippen LogP) is 0.544. The zero-order valence-corrected chi connectivity index (χ0v) is 17.2. The first-order valence-electron chi connectivity index (χ1n) is 10.7. The number of carbonyl (C=O) groups is 3. The highest BCUT2D eigenvalue weighted by molar-refractivity contribution is 6.24. The number of phenolic OH excluding ortho intramolecular Hbond substituents is 1. The molecular formula is C23H24N2O7. The van der Waals surface area contributed by atoms with E-state index in [-0.39, 0.29) is 29.3 Å². The molecule has 4 unspecified atom stereocenters. The molecule has 9 nitrogen and oxygen atoms in total. The van der Waals surface area contributed by atoms with Crippen LogP contribution in [0.15, 0.2) is 35.1 Å². The van der Waals surface area contributed by atoms with E-state index in [9.17, 15) is 34.8 Å². The maximum Gasteiger partial charge on any atom is 0.255 e. The molecule has 1 aromatic rings. The number of hydrogen-bond donors (Lipinski definition) is 6. The zero-order valence-electron chi connectivity index (χ0n) is 17.2. The van der Waals surface area contributed by atoms with Gasteiger partial charge >= 0.3 is 0 Å². The van der Waals surface area contributed by atoms with Gasteiger partial charge in [-0.15, -0.1) is 0 Å². The van der Waals surface area contributed by atoms with E-state index >= 15 is 0 Å². The second kappa shape index (κ2) is 6.91. The lowest BCUT2D eigenvalue weighted by atomic mass is 9.57. The number of nitrogens with one attached hydrogen (secondary N) is 1. The second-order valence-electron chi connectivity index (χ2n) is 9.14. The highest BCUT2D eigenvalue weighted by atomic mass is 16.3. The van der Waals surface area contributed by atoms with Crippen molar-refractivity contribution in [2.45, 2.75) is 49.8 Å². The van der Waals surface area contributed by atoms with E-state index in [0.717, 1.165) is 19.3 Å². The highest BCUT2D eigenvalue weighted by Gasteiger charge is 2.63. The fourth-order valence-corrected chi connectivity index (χ4v) is 5.64. The molecular weight excluding hydrogens is 416 g/mol. The molecule has 9 heteroatoms. The maximum atomic E-state index is 13.6. The first-order valence-corrected chi connectivity index (χ1v) is 10.7. The van der Waals surface area contributed by atoms with E-state index in [1.54, 1.807) is 12.1 Å². The van der Waals surface area contributed by atoms with E-state index in [0.29, 0.717) is 12.0 Å². The second-order valence-corrected chi connectivity index (χ2v) is 9.14. The van der Waals surface area contributed by atoms with Gasteiger partial charge in [0.25, 0.3) is 5.91 Å². The van der Waals surface area contributed by atoms with E-state index in [1.165, 1.54) is 6.07 Å². The normalized spacial score (nSPS) is 32.2. The minimum Gasteiger partial charge on any atom is -0.508 e. The molecule has 168 valence electrons. The van der Waals surface area contributed by atoms with Crippen LogP contribution in [-0.2, 0) is 20.8 Å². The molecule has 0 saturated heterocycles. The van der Waals surface area contributed by atoms with Crippen molar-refractivity contribution >= 4 is 23.2 Å². The standard InChI is InChI=1S/C23H24N2O7/c24-22(31)16-19(28)17(25-11-4-2-5-11)12-8-10-7-9-3-1-6-13(26)14(9)18(27)15(10)20(29)23(12,32)21(16)30/h1,3,6,10-12,17,25-27,30,32H,2,4-5,7-8H2,(H2,24,31).